The highest BCUT2D eigenvalue weighted by atomic mass is 16.5. The second kappa shape index (κ2) is 9.31. The van der Waals surface area contributed by atoms with Crippen LogP contribution >= 0.6 is 0 Å². The summed E-state index contributed by atoms with van der Waals surface area (Å²) in [4.78, 5) is 26.5. The summed E-state index contributed by atoms with van der Waals surface area (Å²) in [5.74, 6) is 1.28. The van der Waals surface area contributed by atoms with Gasteiger partial charge in [0.15, 0.2) is 0 Å². The van der Waals surface area contributed by atoms with E-state index in [1.54, 1.807) is 19.1 Å². The number of nitrogens with one attached hydrogen (secondary N) is 2. The molecule has 0 aromatic heterocycles. The van der Waals surface area contributed by atoms with Crippen LogP contribution in [0.3, 0.4) is 0 Å². The van der Waals surface area contributed by atoms with Gasteiger partial charge in [-0.15, -0.1) is 0 Å². The fourth-order valence-electron chi connectivity index (χ4n) is 3.23. The standard InChI is InChI=1S/C19H29N3O4/c1-5-20-18(23)14-7-6-10-22(12-14)19(24)21-13(2)16-11-15(25-3)8-9-17(16)26-4/h8-9,11,13-14H,5-7,10,12H2,1-4H3,(H,20,23)(H,21,24)/t13-,14+/m1/s1. The number of nitrogens with zero attached hydrogens (tertiary/aromatic N) is 1. The minimum absolute atomic E-state index is 0.0208. The van der Waals surface area contributed by atoms with Gasteiger partial charge in [0.1, 0.15) is 11.5 Å². The van der Waals surface area contributed by atoms with E-state index in [4.69, 9.17) is 9.47 Å². The average molecular weight is 363 g/mol. The number of carbonyl (C=O) groups excluding carboxylic acids is 2. The summed E-state index contributed by atoms with van der Waals surface area (Å²) < 4.78 is 10.7. The van der Waals surface area contributed by atoms with E-state index < -0.39 is 0 Å². The summed E-state index contributed by atoms with van der Waals surface area (Å²) in [5.41, 5.74) is 0.845. The topological polar surface area (TPSA) is 79.9 Å². The van der Waals surface area contributed by atoms with Gasteiger partial charge < -0.3 is 25.0 Å². The minimum Gasteiger partial charge on any atom is -0.497 e. The molecule has 144 valence electrons. The van der Waals surface area contributed by atoms with Gasteiger partial charge >= 0.3 is 6.03 Å². The molecule has 1 heterocycles. The summed E-state index contributed by atoms with van der Waals surface area (Å²) in [7, 11) is 3.20. The summed E-state index contributed by atoms with van der Waals surface area (Å²) in [6, 6.07) is 5.08. The van der Waals surface area contributed by atoms with E-state index in [-0.39, 0.29) is 23.9 Å². The van der Waals surface area contributed by atoms with Gasteiger partial charge in [0.2, 0.25) is 5.91 Å². The van der Waals surface area contributed by atoms with E-state index >= 15 is 0 Å². The maximum absolute atomic E-state index is 12.7. The molecule has 2 atom stereocenters. The number of benzene rings is 1. The van der Waals surface area contributed by atoms with Crippen LogP contribution in [-0.4, -0.2) is 50.7 Å². The Morgan fingerprint density at radius 2 is 2.08 bits per heavy atom. The minimum atomic E-state index is -0.252. The molecular weight excluding hydrogens is 334 g/mol. The lowest BCUT2D eigenvalue weighted by molar-refractivity contribution is -0.126. The molecule has 7 heteroatoms. The Balaban J connectivity index is 2.03. The number of piperidine rings is 1. The molecule has 1 fully saturated rings. The zero-order valence-electron chi connectivity index (χ0n) is 16.0. The van der Waals surface area contributed by atoms with E-state index in [1.807, 2.05) is 32.0 Å². The van der Waals surface area contributed by atoms with E-state index in [1.165, 1.54) is 0 Å². The molecule has 1 aliphatic rings. The van der Waals surface area contributed by atoms with Gasteiger partial charge in [0, 0.05) is 25.2 Å². The Hall–Kier alpha value is -2.44. The molecule has 0 spiro atoms. The van der Waals surface area contributed by atoms with Crippen LogP contribution in [0.25, 0.3) is 0 Å². The molecule has 0 aliphatic carbocycles. The first-order valence-electron chi connectivity index (χ1n) is 9.05. The lowest BCUT2D eigenvalue weighted by Gasteiger charge is -2.33. The number of carbonyl (C=O) groups is 2. The fourth-order valence-corrected chi connectivity index (χ4v) is 3.23. The number of hydrogen-bond acceptors (Lipinski definition) is 4. The monoisotopic (exact) mass is 363 g/mol. The van der Waals surface area contributed by atoms with Crippen molar-refractivity contribution in [2.75, 3.05) is 33.9 Å². The second-order valence-corrected chi connectivity index (χ2v) is 6.46. The van der Waals surface area contributed by atoms with Crippen LogP contribution in [0.2, 0.25) is 0 Å². The SMILES string of the molecule is CCNC(=O)[C@H]1CCCN(C(=O)N[C@H](C)c2cc(OC)ccc2OC)C1. The largest absolute Gasteiger partial charge is 0.497 e. The van der Waals surface area contributed by atoms with Crippen molar-refractivity contribution in [3.05, 3.63) is 23.8 Å². The molecule has 1 aromatic rings. The van der Waals surface area contributed by atoms with Crippen molar-refractivity contribution in [1.82, 2.24) is 15.5 Å². The van der Waals surface area contributed by atoms with Crippen molar-refractivity contribution in [2.24, 2.45) is 5.92 Å². The summed E-state index contributed by atoms with van der Waals surface area (Å²) in [6.45, 7) is 5.51. The molecule has 0 saturated carbocycles. The van der Waals surface area contributed by atoms with Crippen LogP contribution < -0.4 is 20.1 Å². The molecule has 1 aromatic carbocycles. The molecule has 1 saturated heterocycles. The third-order valence-corrected chi connectivity index (χ3v) is 4.67. The van der Waals surface area contributed by atoms with Crippen LogP contribution in [0.15, 0.2) is 18.2 Å². The molecule has 7 nitrogen and oxygen atoms in total. The number of methoxy groups -OCH3 is 2. The maximum atomic E-state index is 12.7. The van der Waals surface area contributed by atoms with E-state index in [9.17, 15) is 9.59 Å². The average Bonchev–Trinajstić information content (AvgIpc) is 2.67. The van der Waals surface area contributed by atoms with Crippen molar-refractivity contribution in [2.45, 2.75) is 32.7 Å². The number of ether oxygens (including phenoxy) is 2. The van der Waals surface area contributed by atoms with E-state index in [0.717, 1.165) is 18.4 Å². The van der Waals surface area contributed by atoms with Crippen LogP contribution in [0.4, 0.5) is 4.79 Å². The molecule has 0 unspecified atom stereocenters. The summed E-state index contributed by atoms with van der Waals surface area (Å²) in [5, 5.41) is 5.84. The van der Waals surface area contributed by atoms with E-state index in [2.05, 4.69) is 10.6 Å². The van der Waals surface area contributed by atoms with Crippen LogP contribution in [0.1, 0.15) is 38.3 Å². The Morgan fingerprint density at radius 1 is 1.31 bits per heavy atom. The van der Waals surface area contributed by atoms with Crippen molar-refractivity contribution >= 4 is 11.9 Å². The number of likely N-dealkylation sites (tertiary alicyclic amines) is 1. The van der Waals surface area contributed by atoms with Crippen LogP contribution in [-0.2, 0) is 4.79 Å². The van der Waals surface area contributed by atoms with Gasteiger partial charge in [-0.1, -0.05) is 0 Å². The van der Waals surface area contributed by atoms with Crippen LogP contribution in [0, 0.1) is 5.92 Å². The third-order valence-electron chi connectivity index (χ3n) is 4.67. The Labute approximate surface area is 155 Å². The molecular formula is C19H29N3O4. The highest BCUT2D eigenvalue weighted by molar-refractivity contribution is 5.81. The molecule has 3 amide bonds. The van der Waals surface area contributed by atoms with Gasteiger partial charge in [-0.2, -0.15) is 0 Å². The van der Waals surface area contributed by atoms with Gasteiger partial charge in [0.05, 0.1) is 26.2 Å². The molecule has 2 N–H and O–H groups in total. The molecule has 0 bridgehead atoms. The summed E-state index contributed by atoms with van der Waals surface area (Å²) in [6.07, 6.45) is 1.64. The smallest absolute Gasteiger partial charge is 0.317 e. The molecule has 26 heavy (non-hydrogen) atoms. The lowest BCUT2D eigenvalue weighted by Crippen LogP contribution is -2.49. The highest BCUT2D eigenvalue weighted by Gasteiger charge is 2.29. The van der Waals surface area contributed by atoms with Crippen molar-refractivity contribution in [3.8, 4) is 11.5 Å². The lowest BCUT2D eigenvalue weighted by atomic mass is 9.97. The summed E-state index contributed by atoms with van der Waals surface area (Å²) >= 11 is 0. The first-order valence-corrected chi connectivity index (χ1v) is 9.05. The number of amides is 3. The predicted octanol–water partition coefficient (Wildman–Crippen LogP) is 2.32. The van der Waals surface area contributed by atoms with Crippen molar-refractivity contribution in [1.29, 1.82) is 0 Å². The zero-order valence-corrected chi connectivity index (χ0v) is 16.0. The highest BCUT2D eigenvalue weighted by Crippen LogP contribution is 2.29. The number of urea groups is 1. The zero-order chi connectivity index (χ0) is 19.1. The quantitative estimate of drug-likeness (QED) is 0.813. The number of rotatable bonds is 6. The van der Waals surface area contributed by atoms with Crippen molar-refractivity contribution in [3.63, 3.8) is 0 Å². The first-order chi connectivity index (χ1) is 12.5. The van der Waals surface area contributed by atoms with Gasteiger partial charge in [-0.05, 0) is 44.9 Å². The fraction of sp³-hybridized carbons (Fsp3) is 0.579. The normalized spacial score (nSPS) is 18.0. The maximum Gasteiger partial charge on any atom is 0.317 e. The van der Waals surface area contributed by atoms with E-state index in [0.29, 0.717) is 31.1 Å². The third kappa shape index (κ3) is 4.80. The molecule has 0 radical (unpaired) electrons. The van der Waals surface area contributed by atoms with Gasteiger partial charge in [-0.25, -0.2) is 4.79 Å². The van der Waals surface area contributed by atoms with Crippen molar-refractivity contribution < 1.29 is 19.1 Å². The molecule has 2 rings (SSSR count). The van der Waals surface area contributed by atoms with Gasteiger partial charge in [0.25, 0.3) is 0 Å². The Kier molecular flexibility index (Phi) is 7.12. The van der Waals surface area contributed by atoms with Crippen LogP contribution in [0.5, 0.6) is 11.5 Å². The number of hydrogen-bond donors (Lipinski definition) is 2. The Morgan fingerprint density at radius 3 is 2.73 bits per heavy atom. The first kappa shape index (κ1) is 19.9. The Bertz CT molecular complexity index is 635. The molecule has 1 aliphatic heterocycles. The van der Waals surface area contributed by atoms with Gasteiger partial charge in [-0.3, -0.25) is 4.79 Å². The predicted molar refractivity (Wildman–Crippen MR) is 99.5 cm³/mol. The second-order valence-electron chi connectivity index (χ2n) is 6.46.